The molecule has 1 heterocycles. The summed E-state index contributed by atoms with van der Waals surface area (Å²) in [6.07, 6.45) is 4.31. The van der Waals surface area contributed by atoms with Gasteiger partial charge >= 0.3 is 5.97 Å². The lowest BCUT2D eigenvalue weighted by atomic mass is 9.75. The second kappa shape index (κ2) is 8.04. The maximum Gasteiger partial charge on any atom is 0.351 e. The average Bonchev–Trinajstić information content (AvgIpc) is 2.93. The molecule has 1 aromatic carbocycles. The molecule has 0 radical (unpaired) electrons. The quantitative estimate of drug-likeness (QED) is 0.569. The lowest BCUT2D eigenvalue weighted by molar-refractivity contribution is -0.654. The van der Waals surface area contributed by atoms with E-state index in [1.165, 1.54) is 6.42 Å². The van der Waals surface area contributed by atoms with E-state index < -0.39 is 0 Å². The molecular formula is C23H35N2O2+. The minimum atomic E-state index is -0.323. The van der Waals surface area contributed by atoms with Crippen molar-refractivity contribution in [1.82, 2.24) is 4.57 Å². The third-order valence-corrected chi connectivity index (χ3v) is 6.44. The monoisotopic (exact) mass is 371 g/mol. The lowest BCUT2D eigenvalue weighted by Crippen LogP contribution is -2.38. The summed E-state index contributed by atoms with van der Waals surface area (Å²) in [5, 5.41) is 0. The number of hydrogen-bond donors (Lipinski definition) is 0. The van der Waals surface area contributed by atoms with Gasteiger partial charge in [-0.1, -0.05) is 46.2 Å². The van der Waals surface area contributed by atoms with Gasteiger partial charge in [-0.15, -0.1) is 0 Å². The van der Waals surface area contributed by atoms with Gasteiger partial charge in [0.15, 0.2) is 17.1 Å². The molecule has 2 aromatic rings. The molecule has 0 N–H and O–H groups in total. The van der Waals surface area contributed by atoms with Gasteiger partial charge in [-0.2, -0.15) is 0 Å². The first-order valence-electron chi connectivity index (χ1n) is 10.5. The smallest absolute Gasteiger partial charge is 0.351 e. The van der Waals surface area contributed by atoms with Gasteiger partial charge in [-0.25, -0.2) is 13.9 Å². The van der Waals surface area contributed by atoms with E-state index in [1.54, 1.807) is 0 Å². The first kappa shape index (κ1) is 19.9. The predicted molar refractivity (Wildman–Crippen MR) is 108 cm³/mol. The fourth-order valence-corrected chi connectivity index (χ4v) is 4.83. The van der Waals surface area contributed by atoms with Crippen molar-refractivity contribution in [3.63, 3.8) is 0 Å². The third kappa shape index (κ3) is 3.76. The number of nitrogens with zero attached hydrogens (tertiary/aromatic N) is 2. The lowest BCUT2D eigenvalue weighted by Gasteiger charge is -2.37. The number of rotatable bonds is 5. The summed E-state index contributed by atoms with van der Waals surface area (Å²) in [7, 11) is 2.08. The molecule has 1 fully saturated rings. The van der Waals surface area contributed by atoms with Gasteiger partial charge in [-0.3, -0.25) is 0 Å². The zero-order valence-corrected chi connectivity index (χ0v) is 17.7. The highest BCUT2D eigenvalue weighted by molar-refractivity contribution is 5.79. The summed E-state index contributed by atoms with van der Waals surface area (Å²) < 4.78 is 10.5. The number of hydrogen-bond acceptors (Lipinski definition) is 2. The van der Waals surface area contributed by atoms with Gasteiger partial charge in [0.2, 0.25) is 0 Å². The zero-order valence-electron chi connectivity index (χ0n) is 17.7. The summed E-state index contributed by atoms with van der Waals surface area (Å²) in [6.45, 7) is 10.9. The molecule has 0 bridgehead atoms. The van der Waals surface area contributed by atoms with Crippen LogP contribution in [0, 0.1) is 17.8 Å². The van der Waals surface area contributed by atoms with Gasteiger partial charge in [0.1, 0.15) is 6.10 Å². The number of carbonyl (C=O) groups excluding carboxylic acids is 1. The minimum Gasteiger partial charge on any atom is -0.459 e. The van der Waals surface area contributed by atoms with Crippen LogP contribution in [0.15, 0.2) is 24.3 Å². The van der Waals surface area contributed by atoms with E-state index in [0.717, 1.165) is 36.1 Å². The zero-order chi connectivity index (χ0) is 19.7. The first-order chi connectivity index (χ1) is 12.8. The number of ether oxygens (including phenoxy) is 1. The largest absolute Gasteiger partial charge is 0.459 e. The Morgan fingerprint density at radius 2 is 1.96 bits per heavy atom. The average molecular weight is 372 g/mol. The summed E-state index contributed by atoms with van der Waals surface area (Å²) in [5.74, 6) is 2.70. The fourth-order valence-electron chi connectivity index (χ4n) is 4.83. The van der Waals surface area contributed by atoms with Crippen LogP contribution in [-0.4, -0.2) is 16.6 Å². The van der Waals surface area contributed by atoms with Crippen LogP contribution in [0.2, 0.25) is 0 Å². The SMILES string of the molecule is CCc1n([C@H](C)C(=O)O[C@H]2C[C@@H](C)CC[C@@H]2C(C)C)c2ccccc2[n+]1C. The van der Waals surface area contributed by atoms with Gasteiger partial charge in [0, 0.05) is 6.42 Å². The Morgan fingerprint density at radius 1 is 1.26 bits per heavy atom. The van der Waals surface area contributed by atoms with Crippen LogP contribution in [0.5, 0.6) is 0 Å². The van der Waals surface area contributed by atoms with E-state index in [0.29, 0.717) is 17.8 Å². The molecule has 148 valence electrons. The Labute approximate surface area is 163 Å². The van der Waals surface area contributed by atoms with Crippen molar-refractivity contribution in [2.45, 2.75) is 72.4 Å². The Morgan fingerprint density at radius 3 is 2.63 bits per heavy atom. The number of imidazole rings is 1. The molecular weight excluding hydrogens is 336 g/mol. The molecule has 3 rings (SSSR count). The summed E-state index contributed by atoms with van der Waals surface area (Å²) in [4.78, 5) is 13.2. The van der Waals surface area contributed by atoms with E-state index in [1.807, 2.05) is 19.1 Å². The minimum absolute atomic E-state index is 0.0457. The van der Waals surface area contributed by atoms with E-state index in [2.05, 4.69) is 56.0 Å². The maximum absolute atomic E-state index is 13.2. The molecule has 4 atom stereocenters. The molecule has 1 aliphatic rings. The predicted octanol–water partition coefficient (Wildman–Crippen LogP) is 4.59. The number of esters is 1. The Hall–Kier alpha value is -1.84. The molecule has 0 unspecified atom stereocenters. The van der Waals surface area contributed by atoms with Crippen molar-refractivity contribution in [3.05, 3.63) is 30.1 Å². The second-order valence-corrected chi connectivity index (χ2v) is 8.66. The van der Waals surface area contributed by atoms with E-state index >= 15 is 0 Å². The molecule has 0 spiro atoms. The van der Waals surface area contributed by atoms with Crippen molar-refractivity contribution < 1.29 is 14.1 Å². The number of aromatic nitrogens is 2. The summed E-state index contributed by atoms with van der Waals surface area (Å²) in [5.41, 5.74) is 2.25. The molecule has 1 aromatic heterocycles. The Bertz CT molecular complexity index is 808. The van der Waals surface area contributed by atoms with Crippen LogP contribution in [0.4, 0.5) is 0 Å². The van der Waals surface area contributed by atoms with Gasteiger partial charge in [0.05, 0.1) is 7.05 Å². The Kier molecular flexibility index (Phi) is 5.92. The number of aryl methyl sites for hydroxylation is 1. The van der Waals surface area contributed by atoms with Gasteiger partial charge in [0.25, 0.3) is 5.82 Å². The highest BCUT2D eigenvalue weighted by Gasteiger charge is 2.37. The first-order valence-corrected chi connectivity index (χ1v) is 10.5. The van der Waals surface area contributed by atoms with Crippen LogP contribution in [0.3, 0.4) is 0 Å². The number of carbonyl (C=O) groups is 1. The van der Waals surface area contributed by atoms with Crippen molar-refractivity contribution >= 4 is 17.0 Å². The summed E-state index contributed by atoms with van der Waals surface area (Å²) >= 11 is 0. The number of benzene rings is 1. The van der Waals surface area contributed by atoms with Crippen LogP contribution >= 0.6 is 0 Å². The highest BCUT2D eigenvalue weighted by Crippen LogP contribution is 2.36. The maximum atomic E-state index is 13.2. The Balaban J connectivity index is 1.88. The number of para-hydroxylation sites is 2. The standard InChI is InChI=1S/C23H35N2O2/c1-7-22-24(6)19-10-8-9-11-20(19)25(22)17(5)23(26)27-21-14-16(4)12-13-18(21)15(2)3/h8-11,15-18,21H,7,12-14H2,1-6H3/q+1/t16-,17+,18+,21-/m0/s1. The van der Waals surface area contributed by atoms with Crippen LogP contribution in [-0.2, 0) is 23.0 Å². The molecule has 27 heavy (non-hydrogen) atoms. The van der Waals surface area contributed by atoms with Gasteiger partial charge < -0.3 is 4.74 Å². The molecule has 1 aliphatic carbocycles. The summed E-state index contributed by atoms with van der Waals surface area (Å²) in [6, 6.07) is 7.97. The topological polar surface area (TPSA) is 35.1 Å². The van der Waals surface area contributed by atoms with E-state index in [9.17, 15) is 4.79 Å². The van der Waals surface area contributed by atoms with Crippen molar-refractivity contribution in [1.29, 1.82) is 0 Å². The van der Waals surface area contributed by atoms with Crippen molar-refractivity contribution in [3.8, 4) is 0 Å². The third-order valence-electron chi connectivity index (χ3n) is 6.44. The van der Waals surface area contributed by atoms with E-state index in [-0.39, 0.29) is 18.1 Å². The van der Waals surface area contributed by atoms with Crippen LogP contribution in [0.25, 0.3) is 11.0 Å². The second-order valence-electron chi connectivity index (χ2n) is 8.66. The normalized spacial score (nSPS) is 24.3. The molecule has 4 heteroatoms. The van der Waals surface area contributed by atoms with Crippen LogP contribution in [0.1, 0.15) is 65.7 Å². The number of fused-ring (bicyclic) bond motifs is 1. The molecule has 1 saturated carbocycles. The molecule has 4 nitrogen and oxygen atoms in total. The highest BCUT2D eigenvalue weighted by atomic mass is 16.5. The molecule has 0 amide bonds. The van der Waals surface area contributed by atoms with Gasteiger partial charge in [-0.05, 0) is 49.7 Å². The van der Waals surface area contributed by atoms with Crippen molar-refractivity contribution in [2.75, 3.05) is 0 Å². The van der Waals surface area contributed by atoms with Crippen molar-refractivity contribution in [2.24, 2.45) is 24.8 Å². The molecule has 0 aliphatic heterocycles. The van der Waals surface area contributed by atoms with Crippen LogP contribution < -0.4 is 4.57 Å². The fraction of sp³-hybridized carbons (Fsp3) is 0.652. The molecule has 0 saturated heterocycles. The van der Waals surface area contributed by atoms with E-state index in [4.69, 9.17) is 4.74 Å².